The van der Waals surface area contributed by atoms with Gasteiger partial charge in [0.25, 0.3) is 0 Å². The summed E-state index contributed by atoms with van der Waals surface area (Å²) in [4.78, 5) is 8.16. The van der Waals surface area contributed by atoms with Crippen LogP contribution in [0.5, 0.6) is 0 Å². The lowest BCUT2D eigenvalue weighted by atomic mass is 10.4. The summed E-state index contributed by atoms with van der Waals surface area (Å²) in [5.74, 6) is 1.13. The van der Waals surface area contributed by atoms with Gasteiger partial charge in [0.1, 0.15) is 10.8 Å². The lowest BCUT2D eigenvalue weighted by molar-refractivity contribution is 0.0922. The molecule has 0 unspecified atom stereocenters. The van der Waals surface area contributed by atoms with E-state index in [9.17, 15) is 0 Å². The summed E-state index contributed by atoms with van der Waals surface area (Å²) in [7, 11) is 1.75. The topological polar surface area (TPSA) is 79.3 Å². The van der Waals surface area contributed by atoms with Crippen molar-refractivity contribution < 1.29 is 9.84 Å². The number of hydrogen-bond acceptors (Lipinski definition) is 6. The average molecular weight is 261 g/mol. The van der Waals surface area contributed by atoms with Crippen LogP contribution in [0.1, 0.15) is 6.42 Å². The zero-order valence-electron chi connectivity index (χ0n) is 9.74. The van der Waals surface area contributed by atoms with Gasteiger partial charge in [-0.25, -0.2) is 4.98 Å². The van der Waals surface area contributed by atoms with Gasteiger partial charge >= 0.3 is 0 Å². The first-order valence-corrected chi connectivity index (χ1v) is 5.78. The second-order valence-electron chi connectivity index (χ2n) is 3.26. The Hall–Kier alpha value is -1.11. The van der Waals surface area contributed by atoms with E-state index in [0.29, 0.717) is 36.5 Å². The average Bonchev–Trinajstić information content (AvgIpc) is 2.35. The van der Waals surface area contributed by atoms with E-state index >= 15 is 0 Å². The first-order chi connectivity index (χ1) is 8.27. The van der Waals surface area contributed by atoms with Gasteiger partial charge in [-0.2, -0.15) is 4.98 Å². The lowest BCUT2D eigenvalue weighted by Crippen LogP contribution is -2.09. The number of halogens is 1. The molecule has 0 aromatic carbocycles. The van der Waals surface area contributed by atoms with Crippen molar-refractivity contribution in [2.75, 3.05) is 44.0 Å². The van der Waals surface area contributed by atoms with Crippen molar-refractivity contribution in [3.8, 4) is 0 Å². The van der Waals surface area contributed by atoms with E-state index in [-0.39, 0.29) is 6.61 Å². The summed E-state index contributed by atoms with van der Waals surface area (Å²) >= 11 is 5.94. The number of ether oxygens (including phenoxy) is 1. The highest BCUT2D eigenvalue weighted by Crippen LogP contribution is 2.18. The Morgan fingerprint density at radius 3 is 3.00 bits per heavy atom. The first kappa shape index (κ1) is 14.0. The lowest BCUT2D eigenvalue weighted by Gasteiger charge is -2.08. The van der Waals surface area contributed by atoms with Crippen LogP contribution in [0.3, 0.4) is 0 Å². The van der Waals surface area contributed by atoms with E-state index in [4.69, 9.17) is 21.4 Å². The maximum atomic E-state index is 8.51. The van der Waals surface area contributed by atoms with Crippen molar-refractivity contribution in [2.45, 2.75) is 6.42 Å². The minimum Gasteiger partial charge on any atom is -0.394 e. The van der Waals surface area contributed by atoms with Gasteiger partial charge in [0.2, 0.25) is 5.95 Å². The number of rotatable bonds is 8. The predicted molar refractivity (Wildman–Crippen MR) is 67.6 cm³/mol. The fraction of sp³-hybridized carbons (Fsp3) is 0.600. The van der Waals surface area contributed by atoms with E-state index in [1.165, 1.54) is 0 Å². The maximum Gasteiger partial charge on any atom is 0.224 e. The Balaban J connectivity index is 2.30. The van der Waals surface area contributed by atoms with Gasteiger partial charge in [0.05, 0.1) is 19.4 Å². The third kappa shape index (κ3) is 5.16. The number of nitrogens with zero attached hydrogens (tertiary/aromatic N) is 2. The Bertz CT molecular complexity index is 338. The molecule has 0 radical (unpaired) electrons. The van der Waals surface area contributed by atoms with Crippen LogP contribution in [0.15, 0.2) is 6.20 Å². The van der Waals surface area contributed by atoms with Gasteiger partial charge in [0.15, 0.2) is 0 Å². The zero-order chi connectivity index (χ0) is 12.5. The van der Waals surface area contributed by atoms with E-state index in [1.54, 1.807) is 13.2 Å². The second-order valence-corrected chi connectivity index (χ2v) is 3.66. The standard InChI is InChI=1S/C10H17ClN4O2/c1-12-10-14-7-8(11)9(15-10)13-3-2-5-17-6-4-16/h7,16H,2-6H2,1H3,(H2,12,13,14,15). The number of aliphatic hydroxyl groups excluding tert-OH is 1. The smallest absolute Gasteiger partial charge is 0.224 e. The number of hydrogen-bond donors (Lipinski definition) is 3. The highest BCUT2D eigenvalue weighted by molar-refractivity contribution is 6.32. The Labute approximate surface area is 105 Å². The molecule has 0 amide bonds. The quantitative estimate of drug-likeness (QED) is 0.605. The van der Waals surface area contributed by atoms with Crippen molar-refractivity contribution in [2.24, 2.45) is 0 Å². The minimum atomic E-state index is 0.0523. The number of aromatic nitrogens is 2. The van der Waals surface area contributed by atoms with Crippen LogP contribution in [0.25, 0.3) is 0 Å². The maximum absolute atomic E-state index is 8.51. The molecule has 1 rings (SSSR count). The molecule has 6 nitrogen and oxygen atoms in total. The zero-order valence-corrected chi connectivity index (χ0v) is 10.5. The fourth-order valence-electron chi connectivity index (χ4n) is 1.16. The molecule has 7 heteroatoms. The molecule has 1 aromatic rings. The molecule has 17 heavy (non-hydrogen) atoms. The molecule has 0 fully saturated rings. The predicted octanol–water partition coefficient (Wildman–Crippen LogP) is 0.983. The number of aliphatic hydroxyl groups is 1. The molecule has 0 atom stereocenters. The molecule has 0 aliphatic carbocycles. The second kappa shape index (κ2) is 8.05. The molecule has 1 heterocycles. The van der Waals surface area contributed by atoms with Crippen LogP contribution in [-0.2, 0) is 4.74 Å². The summed E-state index contributed by atoms with van der Waals surface area (Å²) in [5.41, 5.74) is 0. The van der Waals surface area contributed by atoms with E-state index in [0.717, 1.165) is 6.42 Å². The summed E-state index contributed by atoms with van der Waals surface area (Å²) < 4.78 is 5.13. The Morgan fingerprint density at radius 1 is 1.47 bits per heavy atom. The van der Waals surface area contributed by atoms with Gasteiger partial charge in [-0.3, -0.25) is 0 Å². The monoisotopic (exact) mass is 260 g/mol. The first-order valence-electron chi connectivity index (χ1n) is 5.40. The summed E-state index contributed by atoms with van der Waals surface area (Å²) in [6, 6.07) is 0. The SMILES string of the molecule is CNc1ncc(Cl)c(NCCCOCCO)n1. The minimum absolute atomic E-state index is 0.0523. The van der Waals surface area contributed by atoms with Gasteiger partial charge in [0, 0.05) is 20.2 Å². The Morgan fingerprint density at radius 2 is 2.29 bits per heavy atom. The summed E-state index contributed by atoms with van der Waals surface area (Å²) in [6.07, 6.45) is 2.36. The molecule has 0 aliphatic heterocycles. The van der Waals surface area contributed by atoms with Crippen LogP contribution >= 0.6 is 11.6 Å². The molecule has 1 aromatic heterocycles. The van der Waals surface area contributed by atoms with E-state index in [2.05, 4.69) is 20.6 Å². The molecule has 3 N–H and O–H groups in total. The molecule has 0 aliphatic rings. The number of anilines is 2. The van der Waals surface area contributed by atoms with Gasteiger partial charge in [-0.15, -0.1) is 0 Å². The molecule has 0 spiro atoms. The van der Waals surface area contributed by atoms with E-state index in [1.807, 2.05) is 0 Å². The summed E-state index contributed by atoms with van der Waals surface area (Å²) in [6.45, 7) is 1.72. The molecule has 96 valence electrons. The normalized spacial score (nSPS) is 10.3. The van der Waals surface area contributed by atoms with Crippen LogP contribution < -0.4 is 10.6 Å². The highest BCUT2D eigenvalue weighted by atomic mass is 35.5. The fourth-order valence-corrected chi connectivity index (χ4v) is 1.32. The number of nitrogens with one attached hydrogen (secondary N) is 2. The van der Waals surface area contributed by atoms with Crippen molar-refractivity contribution in [3.63, 3.8) is 0 Å². The van der Waals surface area contributed by atoms with Gasteiger partial charge < -0.3 is 20.5 Å². The van der Waals surface area contributed by atoms with Crippen molar-refractivity contribution in [3.05, 3.63) is 11.2 Å². The van der Waals surface area contributed by atoms with Crippen LogP contribution in [-0.4, -0.2) is 48.5 Å². The molecule has 0 bridgehead atoms. The van der Waals surface area contributed by atoms with Gasteiger partial charge in [-0.05, 0) is 6.42 Å². The van der Waals surface area contributed by atoms with Crippen LogP contribution in [0.4, 0.5) is 11.8 Å². The van der Waals surface area contributed by atoms with Gasteiger partial charge in [-0.1, -0.05) is 11.6 Å². The van der Waals surface area contributed by atoms with Crippen molar-refractivity contribution in [1.29, 1.82) is 0 Å². The third-order valence-corrected chi connectivity index (χ3v) is 2.24. The van der Waals surface area contributed by atoms with Crippen LogP contribution in [0.2, 0.25) is 5.02 Å². The van der Waals surface area contributed by atoms with Crippen LogP contribution in [0, 0.1) is 0 Å². The molecular weight excluding hydrogens is 244 g/mol. The molecular formula is C10H17ClN4O2. The third-order valence-electron chi connectivity index (χ3n) is 1.96. The largest absolute Gasteiger partial charge is 0.394 e. The molecule has 0 saturated heterocycles. The van der Waals surface area contributed by atoms with Crippen molar-refractivity contribution >= 4 is 23.4 Å². The highest BCUT2D eigenvalue weighted by Gasteiger charge is 2.03. The summed E-state index contributed by atoms with van der Waals surface area (Å²) in [5, 5.41) is 14.9. The Kier molecular flexibility index (Phi) is 6.61. The van der Waals surface area contributed by atoms with E-state index < -0.39 is 0 Å². The molecule has 0 saturated carbocycles. The van der Waals surface area contributed by atoms with Crippen molar-refractivity contribution in [1.82, 2.24) is 9.97 Å².